The fraction of sp³-hybridized carbons (Fsp3) is 0.654. The smallest absolute Gasteiger partial charge is 0.333 e. The van der Waals surface area contributed by atoms with Gasteiger partial charge in [0.1, 0.15) is 0 Å². The first-order valence-electron chi connectivity index (χ1n) is 12.3. The third-order valence-electron chi connectivity index (χ3n) is 6.06. The van der Waals surface area contributed by atoms with E-state index in [4.69, 9.17) is 9.36 Å². The number of amides is 2. The van der Waals surface area contributed by atoms with E-state index < -0.39 is 17.8 Å². The van der Waals surface area contributed by atoms with E-state index in [-0.39, 0.29) is 25.7 Å². The van der Waals surface area contributed by atoms with Crippen LogP contribution in [-0.4, -0.2) is 41.8 Å². The van der Waals surface area contributed by atoms with E-state index in [2.05, 4.69) is 34.4 Å². The lowest BCUT2D eigenvalue weighted by Crippen LogP contribution is -2.32. The van der Waals surface area contributed by atoms with Crippen LogP contribution in [-0.2, 0) is 14.2 Å². The van der Waals surface area contributed by atoms with Crippen LogP contribution >= 0.6 is 8.15 Å². The first-order chi connectivity index (χ1) is 15.7. The van der Waals surface area contributed by atoms with Crippen LogP contribution in [0, 0.1) is 11.8 Å². The zero-order valence-corrected chi connectivity index (χ0v) is 21.7. The van der Waals surface area contributed by atoms with Crippen LogP contribution in [0.25, 0.3) is 0 Å². The molecule has 1 heterocycles. The number of unbranched alkanes of at least 4 members (excludes halogenated alkanes) is 6. The van der Waals surface area contributed by atoms with Crippen molar-refractivity contribution in [3.8, 4) is 0 Å². The molecule has 1 unspecified atom stereocenters. The number of hydrogen-bond donors (Lipinski definition) is 0. The fourth-order valence-electron chi connectivity index (χ4n) is 4.56. The Hall–Kier alpha value is -1.78. The summed E-state index contributed by atoms with van der Waals surface area (Å²) in [5, 5.41) is 0.585. The molecule has 7 heteroatoms. The van der Waals surface area contributed by atoms with Crippen LogP contribution in [0.3, 0.4) is 0 Å². The summed E-state index contributed by atoms with van der Waals surface area (Å²) in [4.78, 5) is 41.5. The molecule has 1 aliphatic heterocycles. The van der Waals surface area contributed by atoms with Gasteiger partial charge in [-0.15, -0.1) is 0 Å². The van der Waals surface area contributed by atoms with E-state index in [1.54, 1.807) is 24.3 Å². The van der Waals surface area contributed by atoms with Gasteiger partial charge in [-0.25, -0.2) is 4.79 Å². The maximum absolute atomic E-state index is 12.2. The topological polar surface area (TPSA) is 72.9 Å². The molecule has 1 aromatic carbocycles. The Morgan fingerprint density at radius 2 is 1.33 bits per heavy atom. The number of fused-ring (bicyclic) bond motifs is 1. The molecule has 184 valence electrons. The molecule has 0 spiro atoms. The first kappa shape index (κ1) is 27.5. The van der Waals surface area contributed by atoms with Gasteiger partial charge in [-0.3, -0.25) is 9.59 Å². The van der Waals surface area contributed by atoms with Crippen molar-refractivity contribution in [2.45, 2.75) is 84.7 Å². The average molecular weight is 478 g/mol. The van der Waals surface area contributed by atoms with Crippen molar-refractivity contribution in [1.82, 2.24) is 5.06 Å². The Balaban J connectivity index is 1.50. The number of hydroxylamine groups is 2. The van der Waals surface area contributed by atoms with Gasteiger partial charge in [0, 0.05) is 20.2 Å². The molecular weight excluding hydrogens is 437 g/mol. The highest BCUT2D eigenvalue weighted by molar-refractivity contribution is 7.52. The van der Waals surface area contributed by atoms with Crippen molar-refractivity contribution in [3.63, 3.8) is 0 Å². The minimum Gasteiger partial charge on any atom is -0.359 e. The van der Waals surface area contributed by atoms with Crippen LogP contribution in [0.2, 0.25) is 0 Å². The highest BCUT2D eigenvalue weighted by Crippen LogP contribution is 2.46. The van der Waals surface area contributed by atoms with Crippen LogP contribution in [0.1, 0.15) is 99.8 Å². The molecule has 6 nitrogen and oxygen atoms in total. The largest absolute Gasteiger partial charge is 0.359 e. The summed E-state index contributed by atoms with van der Waals surface area (Å²) in [7, 11) is -0.376. The standard InChI is InChI=1S/C26H40NO5P/c1-19(2)24(20(3)4)33(5)31-18-14-10-8-6-7-9-11-17-23(28)32-27-25(29)21-15-12-13-16-22(21)26(27)30/h12-13,15-16,19-20,24H,6-11,14,17-18H2,1-5H3. The lowest BCUT2D eigenvalue weighted by Gasteiger charge is -2.30. The highest BCUT2D eigenvalue weighted by Gasteiger charge is 2.38. The molecule has 33 heavy (non-hydrogen) atoms. The Morgan fingerprint density at radius 1 is 0.848 bits per heavy atom. The molecule has 0 bridgehead atoms. The lowest BCUT2D eigenvalue weighted by atomic mass is 10.00. The number of carbonyl (C=O) groups excluding carboxylic acids is 3. The molecule has 1 aliphatic rings. The molecule has 0 radical (unpaired) electrons. The maximum Gasteiger partial charge on any atom is 0.333 e. The maximum atomic E-state index is 12.2. The monoisotopic (exact) mass is 477 g/mol. The van der Waals surface area contributed by atoms with Crippen molar-refractivity contribution in [3.05, 3.63) is 35.4 Å². The van der Waals surface area contributed by atoms with E-state index in [0.717, 1.165) is 32.3 Å². The normalized spacial score (nSPS) is 14.5. The minimum atomic E-state index is -0.576. The summed E-state index contributed by atoms with van der Waals surface area (Å²) < 4.78 is 6.15. The Bertz CT molecular complexity index is 752. The summed E-state index contributed by atoms with van der Waals surface area (Å²) in [6.45, 7) is 12.3. The summed E-state index contributed by atoms with van der Waals surface area (Å²) in [5.41, 5.74) is 1.20. The fourth-order valence-corrected chi connectivity index (χ4v) is 6.83. The van der Waals surface area contributed by atoms with Gasteiger partial charge in [-0.1, -0.05) is 77.0 Å². The third kappa shape index (κ3) is 8.19. The van der Waals surface area contributed by atoms with Crippen molar-refractivity contribution in [2.24, 2.45) is 11.8 Å². The molecule has 0 fully saturated rings. The van der Waals surface area contributed by atoms with Gasteiger partial charge in [0.05, 0.1) is 17.7 Å². The van der Waals surface area contributed by atoms with Gasteiger partial charge in [-0.05, 0) is 43.5 Å². The van der Waals surface area contributed by atoms with Gasteiger partial charge in [-0.2, -0.15) is 0 Å². The number of benzene rings is 1. The van der Waals surface area contributed by atoms with Gasteiger partial charge < -0.3 is 9.36 Å². The van der Waals surface area contributed by atoms with Crippen LogP contribution in [0.15, 0.2) is 24.3 Å². The molecule has 2 amide bonds. The first-order valence-corrected chi connectivity index (χ1v) is 14.1. The number of imide groups is 1. The second-order valence-corrected chi connectivity index (χ2v) is 11.4. The number of hydrogen-bond acceptors (Lipinski definition) is 5. The van der Waals surface area contributed by atoms with Crippen molar-refractivity contribution < 1.29 is 23.7 Å². The Labute approximate surface area is 200 Å². The molecule has 0 N–H and O–H groups in total. The van der Waals surface area contributed by atoms with E-state index >= 15 is 0 Å². The van der Waals surface area contributed by atoms with Crippen molar-refractivity contribution >= 4 is 25.9 Å². The molecule has 0 saturated heterocycles. The SMILES string of the molecule is CC(C)C(C(C)C)P(C)OCCCCCCCCCC(=O)ON1C(=O)c2ccccc2C1=O. The molecule has 2 rings (SSSR count). The number of carbonyl (C=O) groups is 3. The van der Waals surface area contributed by atoms with Gasteiger partial charge in [0.2, 0.25) is 0 Å². The predicted molar refractivity (Wildman–Crippen MR) is 132 cm³/mol. The number of nitrogens with zero attached hydrogens (tertiary/aromatic N) is 1. The second kappa shape index (κ2) is 13.8. The van der Waals surface area contributed by atoms with E-state index in [0.29, 0.717) is 29.0 Å². The summed E-state index contributed by atoms with van der Waals surface area (Å²) in [6.07, 6.45) is 7.45. The molecule has 1 aromatic rings. The van der Waals surface area contributed by atoms with E-state index in [1.165, 1.54) is 12.8 Å². The summed E-state index contributed by atoms with van der Waals surface area (Å²) >= 11 is 0. The molecule has 0 aliphatic carbocycles. The predicted octanol–water partition coefficient (Wildman–Crippen LogP) is 6.59. The third-order valence-corrected chi connectivity index (χ3v) is 8.68. The molecule has 0 saturated carbocycles. The summed E-state index contributed by atoms with van der Waals surface area (Å²) in [5.74, 6) is -0.379. The van der Waals surface area contributed by atoms with Crippen LogP contribution in [0.5, 0.6) is 0 Å². The van der Waals surface area contributed by atoms with Crippen LogP contribution in [0.4, 0.5) is 0 Å². The van der Waals surface area contributed by atoms with E-state index in [1.807, 2.05) is 0 Å². The minimum absolute atomic E-state index is 0.203. The van der Waals surface area contributed by atoms with Gasteiger partial charge in [0.15, 0.2) is 0 Å². The highest BCUT2D eigenvalue weighted by atomic mass is 31.1. The van der Waals surface area contributed by atoms with Gasteiger partial charge >= 0.3 is 5.97 Å². The Morgan fingerprint density at radius 3 is 1.85 bits per heavy atom. The van der Waals surface area contributed by atoms with E-state index in [9.17, 15) is 14.4 Å². The van der Waals surface area contributed by atoms with Crippen molar-refractivity contribution in [1.29, 1.82) is 0 Å². The summed E-state index contributed by atoms with van der Waals surface area (Å²) in [6, 6.07) is 6.48. The zero-order valence-electron chi connectivity index (χ0n) is 20.8. The quantitative estimate of drug-likeness (QED) is 0.162. The number of rotatable bonds is 15. The molecular formula is C26H40NO5P. The molecule has 1 atom stereocenters. The molecule has 0 aromatic heterocycles. The van der Waals surface area contributed by atoms with Gasteiger partial charge in [0.25, 0.3) is 11.8 Å². The van der Waals surface area contributed by atoms with Crippen molar-refractivity contribution in [2.75, 3.05) is 13.3 Å². The Kier molecular flexibility index (Phi) is 11.5. The van der Waals surface area contributed by atoms with Crippen LogP contribution < -0.4 is 0 Å². The second-order valence-electron chi connectivity index (χ2n) is 9.50. The lowest BCUT2D eigenvalue weighted by molar-refractivity contribution is -0.168. The average Bonchev–Trinajstić information content (AvgIpc) is 2.99. The zero-order chi connectivity index (χ0) is 24.4.